The maximum absolute atomic E-state index is 9.08. The van der Waals surface area contributed by atoms with Crippen molar-refractivity contribution in [1.29, 1.82) is 5.26 Å². The molecule has 1 aliphatic rings. The van der Waals surface area contributed by atoms with Gasteiger partial charge in [-0.15, -0.1) is 0 Å². The number of nitrogens with zero attached hydrogens (tertiary/aromatic N) is 1. The van der Waals surface area contributed by atoms with Crippen molar-refractivity contribution in [3.8, 4) is 11.8 Å². The lowest BCUT2D eigenvalue weighted by Gasteiger charge is -2.21. The van der Waals surface area contributed by atoms with Crippen molar-refractivity contribution in [2.24, 2.45) is 0 Å². The molecule has 4 heteroatoms. The van der Waals surface area contributed by atoms with Gasteiger partial charge in [-0.05, 0) is 18.9 Å². The zero-order chi connectivity index (χ0) is 10.8. The van der Waals surface area contributed by atoms with Crippen molar-refractivity contribution in [2.45, 2.75) is 12.8 Å². The third-order valence-corrected chi connectivity index (χ3v) is 2.87. The molecule has 3 nitrogen and oxygen atoms in total. The molecule has 1 aromatic carbocycles. The number of nitrogens with one attached hydrogen (secondary N) is 1. The summed E-state index contributed by atoms with van der Waals surface area (Å²) in [4.78, 5) is 0. The zero-order valence-electron chi connectivity index (χ0n) is 8.43. The molecule has 0 amide bonds. The summed E-state index contributed by atoms with van der Waals surface area (Å²) in [5, 5.41) is 12.7. The van der Waals surface area contributed by atoms with Crippen LogP contribution in [0.2, 0.25) is 5.02 Å². The molecule has 0 fully saturated rings. The average molecular weight is 223 g/mol. The van der Waals surface area contributed by atoms with E-state index < -0.39 is 0 Å². The van der Waals surface area contributed by atoms with E-state index in [1.165, 1.54) is 0 Å². The van der Waals surface area contributed by atoms with Gasteiger partial charge in [-0.25, -0.2) is 0 Å². The molecule has 2 rings (SSSR count). The van der Waals surface area contributed by atoms with Crippen LogP contribution in [-0.2, 0) is 6.42 Å². The molecular formula is C11H11ClN2O. The summed E-state index contributed by atoms with van der Waals surface area (Å²) in [6, 6.07) is 3.94. The maximum Gasteiger partial charge on any atom is 0.143 e. The van der Waals surface area contributed by atoms with Crippen molar-refractivity contribution in [3.05, 3.63) is 22.2 Å². The highest BCUT2D eigenvalue weighted by Crippen LogP contribution is 2.38. The quantitative estimate of drug-likeness (QED) is 0.795. The van der Waals surface area contributed by atoms with E-state index in [2.05, 4.69) is 11.4 Å². The Morgan fingerprint density at radius 3 is 3.07 bits per heavy atom. The molecular weight excluding hydrogens is 212 g/mol. The molecule has 0 spiro atoms. The first-order valence-corrected chi connectivity index (χ1v) is 5.21. The van der Waals surface area contributed by atoms with Crippen molar-refractivity contribution in [2.75, 3.05) is 19.0 Å². The zero-order valence-corrected chi connectivity index (χ0v) is 9.19. The minimum atomic E-state index is 0.552. The van der Waals surface area contributed by atoms with Gasteiger partial charge in [0.2, 0.25) is 0 Å². The third-order valence-electron chi connectivity index (χ3n) is 2.53. The van der Waals surface area contributed by atoms with Crippen LogP contribution in [0.1, 0.15) is 17.5 Å². The Morgan fingerprint density at radius 1 is 1.60 bits per heavy atom. The molecule has 0 saturated heterocycles. The van der Waals surface area contributed by atoms with Crippen LogP contribution in [0, 0.1) is 11.3 Å². The lowest BCUT2D eigenvalue weighted by molar-refractivity contribution is 0.288. The Labute approximate surface area is 93.6 Å². The lowest BCUT2D eigenvalue weighted by atomic mass is 10.0. The molecule has 0 atom stereocenters. The lowest BCUT2D eigenvalue weighted by Crippen LogP contribution is -2.11. The van der Waals surface area contributed by atoms with Gasteiger partial charge in [0.15, 0.2) is 0 Å². The number of fused-ring (bicyclic) bond motifs is 1. The van der Waals surface area contributed by atoms with Crippen molar-refractivity contribution < 1.29 is 4.74 Å². The van der Waals surface area contributed by atoms with Gasteiger partial charge in [-0.1, -0.05) is 11.6 Å². The molecule has 78 valence electrons. The summed E-state index contributed by atoms with van der Waals surface area (Å²) >= 11 is 6.13. The summed E-state index contributed by atoms with van der Waals surface area (Å²) in [6.45, 7) is 0.658. The van der Waals surface area contributed by atoms with Gasteiger partial charge in [0.25, 0.3) is 0 Å². The van der Waals surface area contributed by atoms with Gasteiger partial charge in [-0.2, -0.15) is 5.26 Å². The second-order valence-electron chi connectivity index (χ2n) is 3.40. The molecule has 0 saturated carbocycles. The first kappa shape index (κ1) is 10.1. The van der Waals surface area contributed by atoms with E-state index in [4.69, 9.17) is 21.6 Å². The van der Waals surface area contributed by atoms with Crippen LogP contribution in [-0.4, -0.2) is 13.7 Å². The molecule has 0 aliphatic carbocycles. The van der Waals surface area contributed by atoms with E-state index in [1.807, 2.05) is 0 Å². The SMILES string of the molecule is CNc1cc(Cl)c2c(c1C#N)OCCC2. The minimum absolute atomic E-state index is 0.552. The Bertz CT molecular complexity index is 437. The minimum Gasteiger partial charge on any atom is -0.492 e. The standard InChI is InChI=1S/C11H11ClN2O/c1-14-10-5-9(12)7-3-2-4-15-11(7)8(10)6-13/h5,14H,2-4H2,1H3. The van der Waals surface area contributed by atoms with Gasteiger partial charge in [0.05, 0.1) is 12.3 Å². The van der Waals surface area contributed by atoms with Crippen LogP contribution < -0.4 is 10.1 Å². The van der Waals surface area contributed by atoms with Gasteiger partial charge in [-0.3, -0.25) is 0 Å². The Kier molecular flexibility index (Phi) is 2.70. The van der Waals surface area contributed by atoms with Gasteiger partial charge in [0.1, 0.15) is 17.4 Å². The highest BCUT2D eigenvalue weighted by molar-refractivity contribution is 6.32. The molecule has 1 heterocycles. The number of halogens is 1. The fourth-order valence-electron chi connectivity index (χ4n) is 1.79. The van der Waals surface area contributed by atoms with Gasteiger partial charge < -0.3 is 10.1 Å². The molecule has 0 unspecified atom stereocenters. The van der Waals surface area contributed by atoms with Crippen LogP contribution in [0.25, 0.3) is 0 Å². The van der Waals surface area contributed by atoms with E-state index in [0.717, 1.165) is 24.1 Å². The smallest absolute Gasteiger partial charge is 0.143 e. The number of benzene rings is 1. The van der Waals surface area contributed by atoms with Gasteiger partial charge >= 0.3 is 0 Å². The molecule has 1 aromatic rings. The summed E-state index contributed by atoms with van der Waals surface area (Å²) < 4.78 is 5.52. The van der Waals surface area contributed by atoms with E-state index in [-0.39, 0.29) is 0 Å². The van der Waals surface area contributed by atoms with Crippen molar-refractivity contribution in [1.82, 2.24) is 0 Å². The van der Waals surface area contributed by atoms with E-state index >= 15 is 0 Å². The number of anilines is 1. The fourth-order valence-corrected chi connectivity index (χ4v) is 2.08. The molecule has 1 N–H and O–H groups in total. The van der Waals surface area contributed by atoms with E-state index in [1.54, 1.807) is 13.1 Å². The molecule has 0 radical (unpaired) electrons. The van der Waals surface area contributed by atoms with E-state index in [9.17, 15) is 0 Å². The first-order valence-electron chi connectivity index (χ1n) is 4.84. The summed E-state index contributed by atoms with van der Waals surface area (Å²) in [7, 11) is 1.77. The Morgan fingerprint density at radius 2 is 2.40 bits per heavy atom. The summed E-state index contributed by atoms with van der Waals surface area (Å²) in [5.41, 5.74) is 2.23. The Hall–Kier alpha value is -1.40. The highest BCUT2D eigenvalue weighted by Gasteiger charge is 2.20. The molecule has 15 heavy (non-hydrogen) atoms. The van der Waals surface area contributed by atoms with Crippen molar-refractivity contribution in [3.63, 3.8) is 0 Å². The number of ether oxygens (including phenoxy) is 1. The normalized spacial score (nSPS) is 13.7. The first-order chi connectivity index (χ1) is 7.27. The van der Waals surface area contributed by atoms with Crippen molar-refractivity contribution >= 4 is 17.3 Å². The van der Waals surface area contributed by atoms with Gasteiger partial charge in [0, 0.05) is 17.6 Å². The van der Waals surface area contributed by atoms with Crippen LogP contribution >= 0.6 is 11.6 Å². The fraction of sp³-hybridized carbons (Fsp3) is 0.364. The molecule has 0 aromatic heterocycles. The number of nitriles is 1. The molecule has 1 aliphatic heterocycles. The van der Waals surface area contributed by atoms with Crippen LogP contribution in [0.5, 0.6) is 5.75 Å². The predicted molar refractivity (Wildman–Crippen MR) is 59.5 cm³/mol. The predicted octanol–water partition coefficient (Wildman–Crippen LogP) is 2.58. The second-order valence-corrected chi connectivity index (χ2v) is 3.81. The van der Waals surface area contributed by atoms with E-state index in [0.29, 0.717) is 22.9 Å². The van der Waals surface area contributed by atoms with Crippen LogP contribution in [0.4, 0.5) is 5.69 Å². The summed E-state index contributed by atoms with van der Waals surface area (Å²) in [5.74, 6) is 0.653. The third kappa shape index (κ3) is 1.62. The monoisotopic (exact) mass is 222 g/mol. The second kappa shape index (κ2) is 4.00. The Balaban J connectivity index is 2.66. The average Bonchev–Trinajstić information content (AvgIpc) is 2.29. The number of hydrogen-bond donors (Lipinski definition) is 1. The summed E-state index contributed by atoms with van der Waals surface area (Å²) in [6.07, 6.45) is 1.84. The largest absolute Gasteiger partial charge is 0.492 e. The molecule has 0 bridgehead atoms. The highest BCUT2D eigenvalue weighted by atomic mass is 35.5. The van der Waals surface area contributed by atoms with Crippen LogP contribution in [0.15, 0.2) is 6.07 Å². The topological polar surface area (TPSA) is 45.0 Å². The number of rotatable bonds is 1. The maximum atomic E-state index is 9.08. The van der Waals surface area contributed by atoms with Crippen LogP contribution in [0.3, 0.4) is 0 Å². The number of hydrogen-bond acceptors (Lipinski definition) is 3.